The number of carbonyl (C=O) groups excluding carboxylic acids is 1. The summed E-state index contributed by atoms with van der Waals surface area (Å²) in [5, 5.41) is 18.1. The largest absolute Gasteiger partial charge is 0.326 e. The summed E-state index contributed by atoms with van der Waals surface area (Å²) in [6, 6.07) is 13.6. The molecule has 0 spiro atoms. The predicted octanol–water partition coefficient (Wildman–Crippen LogP) is 4.78. The molecule has 7 heteroatoms. The second-order valence-electron chi connectivity index (χ2n) is 6.36. The van der Waals surface area contributed by atoms with Crippen molar-refractivity contribution in [3.8, 4) is 22.6 Å². The van der Waals surface area contributed by atoms with E-state index in [-0.39, 0.29) is 5.91 Å². The number of aromatic amines is 2. The van der Waals surface area contributed by atoms with E-state index in [1.165, 1.54) is 12.7 Å². The van der Waals surface area contributed by atoms with Gasteiger partial charge in [-0.05, 0) is 30.3 Å². The van der Waals surface area contributed by atoms with Crippen LogP contribution in [0.2, 0.25) is 0 Å². The highest BCUT2D eigenvalue weighted by Gasteiger charge is 2.11. The van der Waals surface area contributed by atoms with Gasteiger partial charge in [-0.25, -0.2) is 4.98 Å². The Labute approximate surface area is 163 Å². The quantitative estimate of drug-likeness (QED) is 0.477. The Morgan fingerprint density at radius 1 is 1.04 bits per heavy atom. The minimum Gasteiger partial charge on any atom is -0.326 e. The molecule has 7 nitrogen and oxygen atoms in total. The van der Waals surface area contributed by atoms with Crippen LogP contribution < -0.4 is 5.32 Å². The first-order valence-electron chi connectivity index (χ1n) is 9.40. The van der Waals surface area contributed by atoms with Crippen molar-refractivity contribution in [1.29, 1.82) is 0 Å². The lowest BCUT2D eigenvalue weighted by atomic mass is 10.0. The Hall–Kier alpha value is -3.48. The molecular weight excluding hydrogens is 352 g/mol. The molecular formula is C21H24N6O. The summed E-state index contributed by atoms with van der Waals surface area (Å²) in [4.78, 5) is 15.8. The van der Waals surface area contributed by atoms with E-state index in [2.05, 4.69) is 44.5 Å². The maximum Gasteiger partial charge on any atom is 0.224 e. The first-order chi connectivity index (χ1) is 13.7. The number of amides is 1. The summed E-state index contributed by atoms with van der Waals surface area (Å²) in [6.07, 6.45) is 3.17. The molecule has 0 unspecified atom stereocenters. The highest BCUT2D eigenvalue weighted by atomic mass is 16.1. The van der Waals surface area contributed by atoms with Crippen molar-refractivity contribution < 1.29 is 4.79 Å². The van der Waals surface area contributed by atoms with Crippen LogP contribution in [0.1, 0.15) is 33.6 Å². The molecule has 2 aromatic carbocycles. The molecule has 4 aromatic rings. The molecule has 0 aliphatic carbocycles. The van der Waals surface area contributed by atoms with Crippen LogP contribution in [0.25, 0.3) is 33.5 Å². The minimum absolute atomic E-state index is 0.0170. The third-order valence-corrected chi connectivity index (χ3v) is 3.99. The lowest BCUT2D eigenvalue weighted by Crippen LogP contribution is -2.09. The van der Waals surface area contributed by atoms with Gasteiger partial charge in [0, 0.05) is 28.6 Å². The topological polar surface area (TPSA) is 99.3 Å². The summed E-state index contributed by atoms with van der Waals surface area (Å²) in [7, 11) is 0. The Morgan fingerprint density at radius 2 is 1.86 bits per heavy atom. The van der Waals surface area contributed by atoms with Gasteiger partial charge in [-0.2, -0.15) is 10.2 Å². The van der Waals surface area contributed by atoms with Crippen LogP contribution in [-0.4, -0.2) is 31.3 Å². The van der Waals surface area contributed by atoms with Crippen LogP contribution >= 0.6 is 0 Å². The third kappa shape index (κ3) is 4.25. The van der Waals surface area contributed by atoms with Gasteiger partial charge >= 0.3 is 0 Å². The van der Waals surface area contributed by atoms with Gasteiger partial charge < -0.3 is 5.32 Å². The van der Waals surface area contributed by atoms with Crippen LogP contribution in [0.3, 0.4) is 0 Å². The number of hydrogen-bond acceptors (Lipinski definition) is 4. The standard InChI is InChI=1S/C18H16N6O.C3H8/c1-2-16(25)21-13-5-3-4-11(8-13)17-14-9-12(18-19-10-20-24-18)6-7-15(14)22-23-17;1-3-2/h3-10H,2H2,1H3,(H,21,25)(H,22,23)(H,19,20,24);3H2,1-2H3. The fourth-order valence-electron chi connectivity index (χ4n) is 2.72. The summed E-state index contributed by atoms with van der Waals surface area (Å²) in [5.74, 6) is 0.689. The number of carbonyl (C=O) groups is 1. The van der Waals surface area contributed by atoms with Gasteiger partial charge in [0.15, 0.2) is 5.82 Å². The van der Waals surface area contributed by atoms with Gasteiger partial charge in [0.1, 0.15) is 6.33 Å². The highest BCUT2D eigenvalue weighted by molar-refractivity contribution is 5.96. The zero-order valence-electron chi connectivity index (χ0n) is 16.3. The average Bonchev–Trinajstić information content (AvgIpc) is 3.38. The van der Waals surface area contributed by atoms with Gasteiger partial charge in [0.05, 0.1) is 11.2 Å². The zero-order chi connectivity index (χ0) is 19.9. The van der Waals surface area contributed by atoms with Crippen molar-refractivity contribution in [2.24, 2.45) is 0 Å². The first-order valence-corrected chi connectivity index (χ1v) is 9.40. The van der Waals surface area contributed by atoms with E-state index in [0.717, 1.165) is 33.4 Å². The fraction of sp³-hybridized carbons (Fsp3) is 0.238. The lowest BCUT2D eigenvalue weighted by molar-refractivity contribution is -0.115. The summed E-state index contributed by atoms with van der Waals surface area (Å²) >= 11 is 0. The molecule has 3 N–H and O–H groups in total. The maximum atomic E-state index is 11.6. The van der Waals surface area contributed by atoms with E-state index in [1.807, 2.05) is 49.4 Å². The van der Waals surface area contributed by atoms with Crippen molar-refractivity contribution in [3.05, 3.63) is 48.8 Å². The number of nitrogens with zero attached hydrogens (tertiary/aromatic N) is 3. The second kappa shape index (κ2) is 8.94. The molecule has 0 aliphatic rings. The van der Waals surface area contributed by atoms with Crippen LogP contribution in [0.4, 0.5) is 5.69 Å². The Balaban J connectivity index is 0.000000706. The number of H-pyrrole nitrogens is 2. The third-order valence-electron chi connectivity index (χ3n) is 3.99. The Morgan fingerprint density at radius 3 is 2.57 bits per heavy atom. The molecule has 1 amide bonds. The lowest BCUT2D eigenvalue weighted by Gasteiger charge is -2.05. The van der Waals surface area contributed by atoms with Crippen molar-refractivity contribution in [2.45, 2.75) is 33.6 Å². The number of nitrogens with one attached hydrogen (secondary N) is 3. The van der Waals surface area contributed by atoms with Gasteiger partial charge in [-0.1, -0.05) is 39.3 Å². The molecule has 0 atom stereocenters. The average molecular weight is 376 g/mol. The zero-order valence-corrected chi connectivity index (χ0v) is 16.3. The summed E-state index contributed by atoms with van der Waals surface area (Å²) < 4.78 is 0. The molecule has 2 heterocycles. The predicted molar refractivity (Wildman–Crippen MR) is 112 cm³/mol. The normalized spacial score (nSPS) is 10.4. The van der Waals surface area contributed by atoms with Gasteiger partial charge in [-0.3, -0.25) is 15.0 Å². The van der Waals surface area contributed by atoms with E-state index < -0.39 is 0 Å². The van der Waals surface area contributed by atoms with Crippen LogP contribution in [-0.2, 0) is 4.79 Å². The van der Waals surface area contributed by atoms with Gasteiger partial charge in [-0.15, -0.1) is 0 Å². The van der Waals surface area contributed by atoms with Crippen molar-refractivity contribution in [2.75, 3.05) is 5.32 Å². The fourth-order valence-corrected chi connectivity index (χ4v) is 2.72. The van der Waals surface area contributed by atoms with Crippen LogP contribution in [0.15, 0.2) is 48.8 Å². The molecule has 0 saturated heterocycles. The highest BCUT2D eigenvalue weighted by Crippen LogP contribution is 2.30. The number of fused-ring (bicyclic) bond motifs is 1. The Kier molecular flexibility index (Phi) is 6.16. The molecule has 0 aliphatic heterocycles. The van der Waals surface area contributed by atoms with Crippen LogP contribution in [0, 0.1) is 0 Å². The van der Waals surface area contributed by atoms with E-state index in [9.17, 15) is 4.79 Å². The van der Waals surface area contributed by atoms with Crippen LogP contribution in [0.5, 0.6) is 0 Å². The van der Waals surface area contributed by atoms with E-state index in [1.54, 1.807) is 0 Å². The number of hydrogen-bond donors (Lipinski definition) is 3. The molecule has 0 bridgehead atoms. The molecule has 0 fully saturated rings. The first kappa shape index (κ1) is 19.3. The van der Waals surface area contributed by atoms with Crippen molar-refractivity contribution >= 4 is 22.5 Å². The Bertz CT molecular complexity index is 1050. The second-order valence-corrected chi connectivity index (χ2v) is 6.36. The van der Waals surface area contributed by atoms with Gasteiger partial charge in [0.2, 0.25) is 5.91 Å². The van der Waals surface area contributed by atoms with Crippen molar-refractivity contribution in [3.63, 3.8) is 0 Å². The molecule has 4 rings (SSSR count). The van der Waals surface area contributed by atoms with Crippen molar-refractivity contribution in [1.82, 2.24) is 25.4 Å². The molecule has 2 aromatic heterocycles. The minimum atomic E-state index is -0.0170. The molecule has 0 saturated carbocycles. The van der Waals surface area contributed by atoms with E-state index in [0.29, 0.717) is 12.2 Å². The molecule has 144 valence electrons. The SMILES string of the molecule is CCC.CCC(=O)Nc1cccc(-c2n[nH]c3ccc(-c4ncn[nH]4)cc23)c1. The number of aromatic nitrogens is 5. The van der Waals surface area contributed by atoms with E-state index in [4.69, 9.17) is 0 Å². The number of benzene rings is 2. The monoisotopic (exact) mass is 376 g/mol. The van der Waals surface area contributed by atoms with Gasteiger partial charge in [0.25, 0.3) is 0 Å². The number of anilines is 1. The summed E-state index contributed by atoms with van der Waals surface area (Å²) in [5.41, 5.74) is 4.37. The smallest absolute Gasteiger partial charge is 0.224 e. The summed E-state index contributed by atoms with van der Waals surface area (Å²) in [6.45, 7) is 6.07. The maximum absolute atomic E-state index is 11.6. The molecule has 0 radical (unpaired) electrons. The number of rotatable bonds is 4. The molecule has 28 heavy (non-hydrogen) atoms. The van der Waals surface area contributed by atoms with E-state index >= 15 is 0 Å².